The minimum atomic E-state index is 0.563. The van der Waals surface area contributed by atoms with Crippen molar-refractivity contribution in [3.8, 4) is 0 Å². The van der Waals surface area contributed by atoms with E-state index in [1.54, 1.807) is 0 Å². The molecule has 1 aliphatic heterocycles. The molecule has 2 atom stereocenters. The van der Waals surface area contributed by atoms with Gasteiger partial charge in [-0.05, 0) is 30.0 Å². The fraction of sp³-hybridized carbons (Fsp3) is 0.600. The number of rotatable bonds is 5. The molecule has 2 unspecified atom stereocenters. The van der Waals surface area contributed by atoms with Crippen LogP contribution in [0.3, 0.4) is 0 Å². The van der Waals surface area contributed by atoms with Crippen LogP contribution in [0.4, 0.5) is 5.69 Å². The molecule has 3 heteroatoms. The van der Waals surface area contributed by atoms with E-state index in [0.29, 0.717) is 5.92 Å². The van der Waals surface area contributed by atoms with E-state index in [1.807, 2.05) is 6.07 Å². The molecular weight excluding hydrogens is 265 g/mol. The van der Waals surface area contributed by atoms with Crippen LogP contribution in [0.15, 0.2) is 12.1 Å². The molecule has 1 nitrogen and oxygen atoms in total. The Morgan fingerprint density at radius 1 is 1.33 bits per heavy atom. The molecule has 1 aliphatic rings. The first-order valence-corrected chi connectivity index (χ1v) is 7.65. The van der Waals surface area contributed by atoms with E-state index in [4.69, 9.17) is 23.2 Å². The Morgan fingerprint density at radius 2 is 2.11 bits per heavy atom. The first-order chi connectivity index (χ1) is 8.67. The maximum absolute atomic E-state index is 6.25. The molecule has 2 rings (SSSR count). The van der Waals surface area contributed by atoms with Gasteiger partial charge in [0, 0.05) is 17.5 Å². The van der Waals surface area contributed by atoms with E-state index in [1.165, 1.54) is 31.2 Å². The first-order valence-electron chi connectivity index (χ1n) is 6.90. The van der Waals surface area contributed by atoms with E-state index in [9.17, 15) is 0 Å². The second-order valence-electron chi connectivity index (χ2n) is 5.15. The highest BCUT2D eigenvalue weighted by Gasteiger charge is 2.30. The number of unbranched alkanes of at least 4 members (excludes halogenated alkanes) is 1. The van der Waals surface area contributed by atoms with E-state index in [0.717, 1.165) is 28.2 Å². The Bertz CT molecular complexity index is 417. The van der Waals surface area contributed by atoms with Crippen molar-refractivity contribution in [3.05, 3.63) is 27.7 Å². The van der Waals surface area contributed by atoms with Crippen LogP contribution in [0.5, 0.6) is 0 Å². The van der Waals surface area contributed by atoms with Gasteiger partial charge in [-0.1, -0.05) is 56.3 Å². The molecule has 1 N–H and O–H groups in total. The van der Waals surface area contributed by atoms with Gasteiger partial charge >= 0.3 is 0 Å². The Labute approximate surface area is 120 Å². The third-order valence-corrected chi connectivity index (χ3v) is 4.52. The van der Waals surface area contributed by atoms with E-state index < -0.39 is 0 Å². The van der Waals surface area contributed by atoms with Gasteiger partial charge in [0.25, 0.3) is 0 Å². The fourth-order valence-corrected chi connectivity index (χ4v) is 3.55. The lowest BCUT2D eigenvalue weighted by Crippen LogP contribution is -2.14. The summed E-state index contributed by atoms with van der Waals surface area (Å²) in [7, 11) is 0. The highest BCUT2D eigenvalue weighted by Crippen LogP contribution is 2.44. The number of halogens is 2. The molecule has 1 aromatic carbocycles. The smallest absolute Gasteiger partial charge is 0.0655 e. The van der Waals surface area contributed by atoms with E-state index >= 15 is 0 Å². The zero-order valence-electron chi connectivity index (χ0n) is 11.1. The van der Waals surface area contributed by atoms with Gasteiger partial charge in [0.2, 0.25) is 0 Å². The normalized spacial score (nSPS) is 19.4. The summed E-state index contributed by atoms with van der Waals surface area (Å²) in [6.45, 7) is 5.53. The average Bonchev–Trinajstić information content (AvgIpc) is 2.74. The van der Waals surface area contributed by atoms with Crippen LogP contribution >= 0.6 is 23.2 Å². The van der Waals surface area contributed by atoms with Crippen molar-refractivity contribution < 1.29 is 0 Å². The minimum Gasteiger partial charge on any atom is -0.383 e. The van der Waals surface area contributed by atoms with Crippen LogP contribution in [-0.4, -0.2) is 6.54 Å². The first kappa shape index (κ1) is 14.0. The van der Waals surface area contributed by atoms with Crippen LogP contribution in [0.1, 0.15) is 51.0 Å². The predicted octanol–water partition coefficient (Wildman–Crippen LogP) is 5.72. The van der Waals surface area contributed by atoms with Crippen molar-refractivity contribution in [2.75, 3.05) is 11.9 Å². The number of benzene rings is 1. The number of fused-ring (bicyclic) bond motifs is 1. The van der Waals surface area contributed by atoms with Gasteiger partial charge in [0.1, 0.15) is 0 Å². The molecule has 0 saturated heterocycles. The highest BCUT2D eigenvalue weighted by atomic mass is 35.5. The Balaban J connectivity index is 2.24. The van der Waals surface area contributed by atoms with Gasteiger partial charge in [-0.25, -0.2) is 0 Å². The van der Waals surface area contributed by atoms with Gasteiger partial charge in [0.05, 0.1) is 10.7 Å². The molecule has 0 aromatic heterocycles. The van der Waals surface area contributed by atoms with Crippen molar-refractivity contribution in [1.82, 2.24) is 0 Å². The lowest BCUT2D eigenvalue weighted by Gasteiger charge is -2.22. The zero-order chi connectivity index (χ0) is 13.1. The molecule has 1 heterocycles. The summed E-state index contributed by atoms with van der Waals surface area (Å²) >= 11 is 12.4. The topological polar surface area (TPSA) is 12.0 Å². The maximum atomic E-state index is 6.25. The van der Waals surface area contributed by atoms with Crippen molar-refractivity contribution in [2.45, 2.75) is 45.4 Å². The lowest BCUT2D eigenvalue weighted by molar-refractivity contribution is 0.389. The Hall–Kier alpha value is -0.400. The van der Waals surface area contributed by atoms with Crippen LogP contribution in [0.25, 0.3) is 0 Å². The third-order valence-electron chi connectivity index (χ3n) is 4.01. The van der Waals surface area contributed by atoms with Crippen LogP contribution in [0.2, 0.25) is 10.0 Å². The van der Waals surface area contributed by atoms with Crippen LogP contribution in [0, 0.1) is 5.92 Å². The largest absolute Gasteiger partial charge is 0.383 e. The van der Waals surface area contributed by atoms with Gasteiger partial charge in [-0.3, -0.25) is 0 Å². The molecule has 0 fully saturated rings. The molecule has 0 amide bonds. The van der Waals surface area contributed by atoms with E-state index in [-0.39, 0.29) is 0 Å². The van der Waals surface area contributed by atoms with Crippen LogP contribution < -0.4 is 5.32 Å². The predicted molar refractivity (Wildman–Crippen MR) is 81.0 cm³/mol. The second-order valence-corrected chi connectivity index (χ2v) is 5.99. The average molecular weight is 286 g/mol. The maximum Gasteiger partial charge on any atom is 0.0655 e. The van der Waals surface area contributed by atoms with Crippen molar-refractivity contribution >= 4 is 28.9 Å². The molecule has 100 valence electrons. The fourth-order valence-electron chi connectivity index (χ4n) is 2.97. The summed E-state index contributed by atoms with van der Waals surface area (Å²) < 4.78 is 0. The van der Waals surface area contributed by atoms with Crippen molar-refractivity contribution in [3.63, 3.8) is 0 Å². The molecule has 0 bridgehead atoms. The molecule has 1 aromatic rings. The molecule has 0 spiro atoms. The Morgan fingerprint density at radius 3 is 2.78 bits per heavy atom. The van der Waals surface area contributed by atoms with E-state index in [2.05, 4.69) is 25.2 Å². The zero-order valence-corrected chi connectivity index (χ0v) is 12.6. The number of anilines is 1. The molecule has 0 saturated carbocycles. The number of hydrogen-bond donors (Lipinski definition) is 1. The molecule has 0 radical (unpaired) electrons. The van der Waals surface area contributed by atoms with Crippen molar-refractivity contribution in [2.24, 2.45) is 5.92 Å². The summed E-state index contributed by atoms with van der Waals surface area (Å²) in [6.07, 6.45) is 5.08. The summed E-state index contributed by atoms with van der Waals surface area (Å²) in [5.74, 6) is 1.29. The minimum absolute atomic E-state index is 0.563. The number of nitrogens with one attached hydrogen (secondary N) is 1. The summed E-state index contributed by atoms with van der Waals surface area (Å²) in [5.41, 5.74) is 2.41. The Kier molecular flexibility index (Phi) is 4.80. The van der Waals surface area contributed by atoms with Gasteiger partial charge in [0.15, 0.2) is 0 Å². The quantitative estimate of drug-likeness (QED) is 0.730. The van der Waals surface area contributed by atoms with Gasteiger partial charge < -0.3 is 5.32 Å². The second kappa shape index (κ2) is 6.16. The summed E-state index contributed by atoms with van der Waals surface area (Å²) in [6, 6.07) is 3.91. The monoisotopic (exact) mass is 285 g/mol. The van der Waals surface area contributed by atoms with Gasteiger partial charge in [-0.2, -0.15) is 0 Å². The third kappa shape index (κ3) is 2.78. The standard InChI is InChI=1S/C15H21Cl2N/c1-3-5-6-10(4-2)13-9-18-15-12(13)7-11(16)8-14(15)17/h7-8,10,13,18H,3-6,9H2,1-2H3. The van der Waals surface area contributed by atoms with Crippen LogP contribution in [-0.2, 0) is 0 Å². The SMILES string of the molecule is CCCCC(CC)C1CNc2c(Cl)cc(Cl)cc21. The van der Waals surface area contributed by atoms with Crippen molar-refractivity contribution in [1.29, 1.82) is 0 Å². The summed E-state index contributed by atoms with van der Waals surface area (Å²) in [4.78, 5) is 0. The number of hydrogen-bond acceptors (Lipinski definition) is 1. The molecular formula is C15H21Cl2N. The molecule has 18 heavy (non-hydrogen) atoms. The summed E-state index contributed by atoms with van der Waals surface area (Å²) in [5, 5.41) is 4.95. The molecule has 0 aliphatic carbocycles. The highest BCUT2D eigenvalue weighted by molar-refractivity contribution is 6.36. The van der Waals surface area contributed by atoms with Gasteiger partial charge in [-0.15, -0.1) is 0 Å². The lowest BCUT2D eigenvalue weighted by atomic mass is 9.82.